The van der Waals surface area contributed by atoms with Gasteiger partial charge in [0.2, 0.25) is 5.91 Å². The van der Waals surface area contributed by atoms with Gasteiger partial charge in [-0.2, -0.15) is 0 Å². The van der Waals surface area contributed by atoms with Gasteiger partial charge in [0.1, 0.15) is 5.01 Å². The highest BCUT2D eigenvalue weighted by atomic mass is 35.5. The van der Waals surface area contributed by atoms with Crippen LogP contribution < -0.4 is 0 Å². The van der Waals surface area contributed by atoms with Crippen molar-refractivity contribution in [1.82, 2.24) is 14.9 Å². The van der Waals surface area contributed by atoms with Crippen LogP contribution in [0.15, 0.2) is 48.1 Å². The predicted octanol–water partition coefficient (Wildman–Crippen LogP) is 4.71. The number of carbonyl (C=O) groups excluding carboxylic acids is 1. The standard InChI is InChI=1S/C18H15Cl2N3OS/c1-23(10-12-4-5-15(19)16(20)7-12)17(24)8-14-11-25-18(22-14)13-3-2-6-21-9-13/h2-7,9,11H,8,10H2,1H3. The molecule has 0 unspecified atom stereocenters. The number of aromatic nitrogens is 2. The van der Waals surface area contributed by atoms with Gasteiger partial charge in [0.05, 0.1) is 22.2 Å². The van der Waals surface area contributed by atoms with Crippen LogP contribution in [-0.4, -0.2) is 27.8 Å². The number of carbonyl (C=O) groups is 1. The summed E-state index contributed by atoms with van der Waals surface area (Å²) < 4.78 is 0. The van der Waals surface area contributed by atoms with Crippen LogP contribution in [0.1, 0.15) is 11.3 Å². The molecule has 4 nitrogen and oxygen atoms in total. The Kier molecular flexibility index (Phi) is 5.68. The first-order chi connectivity index (χ1) is 12.0. The average Bonchev–Trinajstić information content (AvgIpc) is 3.07. The number of thiazole rings is 1. The molecule has 7 heteroatoms. The highest BCUT2D eigenvalue weighted by Gasteiger charge is 2.14. The van der Waals surface area contributed by atoms with Gasteiger partial charge in [-0.15, -0.1) is 11.3 Å². The van der Waals surface area contributed by atoms with Crippen molar-refractivity contribution in [3.8, 4) is 10.6 Å². The van der Waals surface area contributed by atoms with E-state index < -0.39 is 0 Å². The van der Waals surface area contributed by atoms with Crippen molar-refractivity contribution < 1.29 is 4.79 Å². The fourth-order valence-corrected chi connectivity index (χ4v) is 3.43. The third-order valence-electron chi connectivity index (χ3n) is 3.62. The third kappa shape index (κ3) is 4.57. The van der Waals surface area contributed by atoms with Crippen LogP contribution >= 0.6 is 34.5 Å². The number of rotatable bonds is 5. The number of hydrogen-bond donors (Lipinski definition) is 0. The maximum Gasteiger partial charge on any atom is 0.228 e. The molecule has 0 saturated heterocycles. The molecular weight excluding hydrogens is 377 g/mol. The molecular formula is C18H15Cl2N3OS. The summed E-state index contributed by atoms with van der Waals surface area (Å²) >= 11 is 13.4. The Balaban J connectivity index is 1.63. The Morgan fingerprint density at radius 1 is 1.24 bits per heavy atom. The van der Waals surface area contributed by atoms with E-state index in [-0.39, 0.29) is 12.3 Å². The molecule has 0 aliphatic rings. The molecule has 25 heavy (non-hydrogen) atoms. The quantitative estimate of drug-likeness (QED) is 0.632. The smallest absolute Gasteiger partial charge is 0.228 e. The second-order valence-corrected chi connectivity index (χ2v) is 7.23. The number of likely N-dealkylation sites (N-methyl/N-ethyl adjacent to an activating group) is 1. The van der Waals surface area contributed by atoms with Crippen molar-refractivity contribution in [2.45, 2.75) is 13.0 Å². The minimum atomic E-state index is -0.00545. The lowest BCUT2D eigenvalue weighted by molar-refractivity contribution is -0.129. The number of pyridine rings is 1. The summed E-state index contributed by atoms with van der Waals surface area (Å²) in [5, 5.41) is 3.77. The molecule has 0 atom stereocenters. The van der Waals surface area contributed by atoms with E-state index in [1.54, 1.807) is 36.5 Å². The lowest BCUT2D eigenvalue weighted by atomic mass is 10.2. The van der Waals surface area contributed by atoms with Crippen molar-refractivity contribution in [3.05, 3.63) is 69.4 Å². The van der Waals surface area contributed by atoms with Crippen LogP contribution in [0.4, 0.5) is 0 Å². The number of halogens is 2. The predicted molar refractivity (Wildman–Crippen MR) is 102 cm³/mol. The zero-order valence-corrected chi connectivity index (χ0v) is 15.8. The van der Waals surface area contributed by atoms with E-state index in [0.29, 0.717) is 16.6 Å². The minimum absolute atomic E-state index is 0.00545. The molecule has 2 heterocycles. The fourth-order valence-electron chi connectivity index (χ4n) is 2.30. The van der Waals surface area contributed by atoms with E-state index in [1.165, 1.54) is 11.3 Å². The van der Waals surface area contributed by atoms with E-state index in [9.17, 15) is 4.79 Å². The van der Waals surface area contributed by atoms with Crippen LogP contribution in [-0.2, 0) is 17.8 Å². The molecule has 2 aromatic heterocycles. The van der Waals surface area contributed by atoms with Crippen LogP contribution in [0, 0.1) is 0 Å². The van der Waals surface area contributed by atoms with Crippen molar-refractivity contribution in [3.63, 3.8) is 0 Å². The number of amides is 1. The average molecular weight is 392 g/mol. The number of hydrogen-bond acceptors (Lipinski definition) is 4. The highest BCUT2D eigenvalue weighted by Crippen LogP contribution is 2.24. The van der Waals surface area contributed by atoms with E-state index in [0.717, 1.165) is 21.8 Å². The summed E-state index contributed by atoms with van der Waals surface area (Å²) in [6.07, 6.45) is 3.74. The zero-order valence-electron chi connectivity index (χ0n) is 13.4. The van der Waals surface area contributed by atoms with E-state index >= 15 is 0 Å². The van der Waals surface area contributed by atoms with Crippen molar-refractivity contribution >= 4 is 40.4 Å². The second kappa shape index (κ2) is 7.95. The molecule has 0 bridgehead atoms. The SMILES string of the molecule is CN(Cc1ccc(Cl)c(Cl)c1)C(=O)Cc1csc(-c2cccnc2)n1. The third-order valence-corrected chi connectivity index (χ3v) is 5.30. The largest absolute Gasteiger partial charge is 0.341 e. The van der Waals surface area contributed by atoms with Gasteiger partial charge in [-0.25, -0.2) is 4.98 Å². The maximum absolute atomic E-state index is 12.4. The van der Waals surface area contributed by atoms with Crippen molar-refractivity contribution in [2.24, 2.45) is 0 Å². The van der Waals surface area contributed by atoms with Gasteiger partial charge < -0.3 is 4.90 Å². The summed E-state index contributed by atoms with van der Waals surface area (Å²) in [6, 6.07) is 9.19. The molecule has 0 radical (unpaired) electrons. The summed E-state index contributed by atoms with van der Waals surface area (Å²) in [5.41, 5.74) is 2.64. The molecule has 0 aliphatic carbocycles. The molecule has 0 fully saturated rings. The Labute approximate surface area is 160 Å². The Hall–Kier alpha value is -1.95. The first-order valence-electron chi connectivity index (χ1n) is 7.55. The molecule has 1 amide bonds. The van der Waals surface area contributed by atoms with Crippen molar-refractivity contribution in [1.29, 1.82) is 0 Å². The van der Waals surface area contributed by atoms with Crippen LogP contribution in [0.2, 0.25) is 10.0 Å². The van der Waals surface area contributed by atoms with Gasteiger partial charge in [-0.1, -0.05) is 29.3 Å². The summed E-state index contributed by atoms with van der Waals surface area (Å²) in [5.74, 6) is -0.00545. The van der Waals surface area contributed by atoms with Gasteiger partial charge >= 0.3 is 0 Å². The lowest BCUT2D eigenvalue weighted by Crippen LogP contribution is -2.27. The molecule has 0 saturated carbocycles. The molecule has 0 N–H and O–H groups in total. The number of nitrogens with zero attached hydrogens (tertiary/aromatic N) is 3. The Morgan fingerprint density at radius 3 is 2.80 bits per heavy atom. The first-order valence-corrected chi connectivity index (χ1v) is 9.19. The van der Waals surface area contributed by atoms with Gasteiger partial charge in [0.15, 0.2) is 0 Å². The van der Waals surface area contributed by atoms with Gasteiger partial charge in [-0.3, -0.25) is 9.78 Å². The molecule has 0 spiro atoms. The van der Waals surface area contributed by atoms with Gasteiger partial charge in [0.25, 0.3) is 0 Å². The van der Waals surface area contributed by atoms with E-state index in [4.69, 9.17) is 23.2 Å². The monoisotopic (exact) mass is 391 g/mol. The van der Waals surface area contributed by atoms with Gasteiger partial charge in [-0.05, 0) is 29.8 Å². The van der Waals surface area contributed by atoms with E-state index in [1.807, 2.05) is 23.6 Å². The number of benzene rings is 1. The lowest BCUT2D eigenvalue weighted by Gasteiger charge is -2.17. The fraction of sp³-hybridized carbons (Fsp3) is 0.167. The topological polar surface area (TPSA) is 46.1 Å². The summed E-state index contributed by atoms with van der Waals surface area (Å²) in [6.45, 7) is 0.468. The minimum Gasteiger partial charge on any atom is -0.341 e. The molecule has 3 aromatic rings. The zero-order chi connectivity index (χ0) is 17.8. The molecule has 128 valence electrons. The summed E-state index contributed by atoms with van der Waals surface area (Å²) in [4.78, 5) is 22.7. The van der Waals surface area contributed by atoms with Gasteiger partial charge in [0, 0.05) is 36.9 Å². The summed E-state index contributed by atoms with van der Waals surface area (Å²) in [7, 11) is 1.76. The van der Waals surface area contributed by atoms with E-state index in [2.05, 4.69) is 9.97 Å². The van der Waals surface area contributed by atoms with Crippen LogP contribution in [0.3, 0.4) is 0 Å². The Bertz CT molecular complexity index is 883. The van der Waals surface area contributed by atoms with Crippen molar-refractivity contribution in [2.75, 3.05) is 7.05 Å². The van der Waals surface area contributed by atoms with Crippen LogP contribution in [0.25, 0.3) is 10.6 Å². The molecule has 0 aliphatic heterocycles. The highest BCUT2D eigenvalue weighted by molar-refractivity contribution is 7.13. The normalized spacial score (nSPS) is 10.7. The maximum atomic E-state index is 12.4. The first kappa shape index (κ1) is 17.9. The Morgan fingerprint density at radius 2 is 2.08 bits per heavy atom. The van der Waals surface area contributed by atoms with Crippen LogP contribution in [0.5, 0.6) is 0 Å². The second-order valence-electron chi connectivity index (χ2n) is 5.56. The molecule has 3 rings (SSSR count). The molecule has 1 aromatic carbocycles.